The zero-order valence-electron chi connectivity index (χ0n) is 11.1. The van der Waals surface area contributed by atoms with E-state index < -0.39 is 0 Å². The molecule has 17 heavy (non-hydrogen) atoms. The molecule has 3 heteroatoms. The molecule has 0 aliphatic rings. The second kappa shape index (κ2) is 5.58. The van der Waals surface area contributed by atoms with Crippen LogP contribution in [0.5, 0.6) is 0 Å². The maximum atomic E-state index is 8.95. The van der Waals surface area contributed by atoms with Crippen LogP contribution in [0.2, 0.25) is 0 Å². The number of hydrogen-bond acceptors (Lipinski definition) is 3. The molecular formula is C14H21N3. The van der Waals surface area contributed by atoms with Crippen molar-refractivity contribution in [2.24, 2.45) is 5.92 Å². The summed E-state index contributed by atoms with van der Waals surface area (Å²) in [6, 6.07) is 7.97. The van der Waals surface area contributed by atoms with Crippen LogP contribution in [-0.4, -0.2) is 12.6 Å². The Balaban J connectivity index is 3.13. The number of anilines is 2. The molecule has 3 nitrogen and oxygen atoms in total. The molecule has 1 rings (SSSR count). The Hall–Kier alpha value is -1.69. The third-order valence-electron chi connectivity index (χ3n) is 2.65. The lowest BCUT2D eigenvalue weighted by Crippen LogP contribution is -2.34. The van der Waals surface area contributed by atoms with E-state index >= 15 is 0 Å². The summed E-state index contributed by atoms with van der Waals surface area (Å²) in [5.41, 5.74) is 8.36. The fraction of sp³-hybridized carbons (Fsp3) is 0.500. The second-order valence-corrected chi connectivity index (χ2v) is 5.03. The summed E-state index contributed by atoms with van der Waals surface area (Å²) < 4.78 is 0. The minimum Gasteiger partial charge on any atom is -0.397 e. The van der Waals surface area contributed by atoms with Crippen LogP contribution in [0.15, 0.2) is 18.2 Å². The molecule has 0 fully saturated rings. The number of nitrogens with two attached hydrogens (primary N) is 1. The normalized spacial score (nSPS) is 10.6. The molecule has 1 aromatic rings. The van der Waals surface area contributed by atoms with Gasteiger partial charge in [-0.3, -0.25) is 0 Å². The van der Waals surface area contributed by atoms with Gasteiger partial charge < -0.3 is 10.6 Å². The van der Waals surface area contributed by atoms with Gasteiger partial charge in [0, 0.05) is 12.6 Å². The number of nitriles is 1. The van der Waals surface area contributed by atoms with Crippen molar-refractivity contribution >= 4 is 11.4 Å². The van der Waals surface area contributed by atoms with E-state index in [0.717, 1.165) is 17.9 Å². The largest absolute Gasteiger partial charge is 0.397 e. The van der Waals surface area contributed by atoms with Crippen molar-refractivity contribution in [3.05, 3.63) is 23.8 Å². The van der Waals surface area contributed by atoms with Gasteiger partial charge in [0.25, 0.3) is 0 Å². The van der Waals surface area contributed by atoms with Gasteiger partial charge in [0.05, 0.1) is 23.0 Å². The van der Waals surface area contributed by atoms with E-state index in [-0.39, 0.29) is 0 Å². The van der Waals surface area contributed by atoms with Crippen molar-refractivity contribution in [2.45, 2.75) is 33.7 Å². The molecule has 0 unspecified atom stereocenters. The molecule has 0 aliphatic carbocycles. The first-order valence-electron chi connectivity index (χ1n) is 6.02. The summed E-state index contributed by atoms with van der Waals surface area (Å²) in [6.45, 7) is 9.58. The van der Waals surface area contributed by atoms with Gasteiger partial charge in [-0.1, -0.05) is 13.8 Å². The smallest absolute Gasteiger partial charge is 0.0992 e. The van der Waals surface area contributed by atoms with Crippen molar-refractivity contribution < 1.29 is 0 Å². The first kappa shape index (κ1) is 13.4. The van der Waals surface area contributed by atoms with Gasteiger partial charge in [-0.05, 0) is 38.0 Å². The molecule has 0 aromatic heterocycles. The summed E-state index contributed by atoms with van der Waals surface area (Å²) >= 11 is 0. The van der Waals surface area contributed by atoms with Crippen LogP contribution in [0.3, 0.4) is 0 Å². The quantitative estimate of drug-likeness (QED) is 0.810. The highest BCUT2D eigenvalue weighted by atomic mass is 15.2. The van der Waals surface area contributed by atoms with Crippen molar-refractivity contribution in [3.8, 4) is 6.07 Å². The van der Waals surface area contributed by atoms with Crippen LogP contribution in [0, 0.1) is 17.2 Å². The lowest BCUT2D eigenvalue weighted by Gasteiger charge is -2.31. The summed E-state index contributed by atoms with van der Waals surface area (Å²) in [5.74, 6) is 0.558. The van der Waals surface area contributed by atoms with Gasteiger partial charge in [-0.25, -0.2) is 0 Å². The molecule has 0 heterocycles. The van der Waals surface area contributed by atoms with Crippen LogP contribution < -0.4 is 10.6 Å². The van der Waals surface area contributed by atoms with Crippen molar-refractivity contribution in [2.75, 3.05) is 17.2 Å². The maximum Gasteiger partial charge on any atom is 0.0992 e. The number of nitrogens with zero attached hydrogens (tertiary/aromatic N) is 2. The molecular weight excluding hydrogens is 210 g/mol. The van der Waals surface area contributed by atoms with Gasteiger partial charge in [0.1, 0.15) is 0 Å². The SMILES string of the molecule is CC(C)CN(c1cc(C#N)ccc1N)C(C)C. The Kier molecular flexibility index (Phi) is 4.39. The average Bonchev–Trinajstić information content (AvgIpc) is 2.26. The Labute approximate surface area is 104 Å². The van der Waals surface area contributed by atoms with Crippen LogP contribution >= 0.6 is 0 Å². The molecule has 2 N–H and O–H groups in total. The zero-order chi connectivity index (χ0) is 13.0. The lowest BCUT2D eigenvalue weighted by molar-refractivity contribution is 0.571. The fourth-order valence-corrected chi connectivity index (χ4v) is 1.84. The van der Waals surface area contributed by atoms with Crippen molar-refractivity contribution in [1.29, 1.82) is 5.26 Å². The Morgan fingerprint density at radius 2 is 1.94 bits per heavy atom. The van der Waals surface area contributed by atoms with E-state index in [4.69, 9.17) is 11.0 Å². The van der Waals surface area contributed by atoms with E-state index in [2.05, 4.69) is 38.7 Å². The van der Waals surface area contributed by atoms with Gasteiger partial charge >= 0.3 is 0 Å². The highest BCUT2D eigenvalue weighted by Crippen LogP contribution is 2.27. The topological polar surface area (TPSA) is 53.0 Å². The minimum absolute atomic E-state index is 0.369. The van der Waals surface area contributed by atoms with Gasteiger partial charge in [0.2, 0.25) is 0 Å². The molecule has 0 amide bonds. The van der Waals surface area contributed by atoms with E-state index in [1.165, 1.54) is 0 Å². The fourth-order valence-electron chi connectivity index (χ4n) is 1.84. The maximum absolute atomic E-state index is 8.95. The van der Waals surface area contributed by atoms with Gasteiger partial charge in [-0.15, -0.1) is 0 Å². The Bertz CT molecular complexity index is 416. The van der Waals surface area contributed by atoms with E-state index in [1.807, 2.05) is 12.1 Å². The van der Waals surface area contributed by atoms with E-state index in [1.54, 1.807) is 6.07 Å². The Morgan fingerprint density at radius 1 is 1.29 bits per heavy atom. The summed E-state index contributed by atoms with van der Waals surface area (Å²) in [7, 11) is 0. The Morgan fingerprint density at radius 3 is 2.41 bits per heavy atom. The van der Waals surface area contributed by atoms with Gasteiger partial charge in [-0.2, -0.15) is 5.26 Å². The molecule has 0 saturated heterocycles. The van der Waals surface area contributed by atoms with Crippen LogP contribution in [0.1, 0.15) is 33.3 Å². The van der Waals surface area contributed by atoms with Crippen LogP contribution in [0.25, 0.3) is 0 Å². The average molecular weight is 231 g/mol. The molecule has 0 spiro atoms. The number of rotatable bonds is 4. The van der Waals surface area contributed by atoms with Crippen LogP contribution in [-0.2, 0) is 0 Å². The number of benzene rings is 1. The minimum atomic E-state index is 0.369. The standard InChI is InChI=1S/C14H21N3/c1-10(2)9-17(11(3)4)14-7-12(8-15)5-6-13(14)16/h5-7,10-11H,9,16H2,1-4H3. The third-order valence-corrected chi connectivity index (χ3v) is 2.65. The van der Waals surface area contributed by atoms with Crippen LogP contribution in [0.4, 0.5) is 11.4 Å². The molecule has 0 bridgehead atoms. The van der Waals surface area contributed by atoms with E-state index in [9.17, 15) is 0 Å². The lowest BCUT2D eigenvalue weighted by atomic mass is 10.1. The molecule has 0 atom stereocenters. The highest BCUT2D eigenvalue weighted by molar-refractivity contribution is 5.70. The monoisotopic (exact) mass is 231 g/mol. The zero-order valence-corrected chi connectivity index (χ0v) is 11.1. The predicted molar refractivity (Wildman–Crippen MR) is 72.9 cm³/mol. The van der Waals surface area contributed by atoms with Crippen molar-refractivity contribution in [1.82, 2.24) is 0 Å². The molecule has 0 saturated carbocycles. The number of nitrogen functional groups attached to an aromatic ring is 1. The molecule has 92 valence electrons. The predicted octanol–water partition coefficient (Wildman–Crippen LogP) is 3.01. The molecule has 0 radical (unpaired) electrons. The van der Waals surface area contributed by atoms with E-state index in [0.29, 0.717) is 17.5 Å². The van der Waals surface area contributed by atoms with Gasteiger partial charge in [0.15, 0.2) is 0 Å². The second-order valence-electron chi connectivity index (χ2n) is 5.03. The summed E-state index contributed by atoms with van der Waals surface area (Å²) in [6.07, 6.45) is 0. The first-order chi connectivity index (χ1) is 7.95. The number of hydrogen-bond donors (Lipinski definition) is 1. The first-order valence-corrected chi connectivity index (χ1v) is 6.02. The third kappa shape index (κ3) is 3.39. The summed E-state index contributed by atoms with van der Waals surface area (Å²) in [4.78, 5) is 2.25. The molecule has 1 aromatic carbocycles. The van der Waals surface area contributed by atoms with Crippen molar-refractivity contribution in [3.63, 3.8) is 0 Å². The highest BCUT2D eigenvalue weighted by Gasteiger charge is 2.15. The summed E-state index contributed by atoms with van der Waals surface area (Å²) in [5, 5.41) is 8.95. The molecule has 0 aliphatic heterocycles.